The summed E-state index contributed by atoms with van der Waals surface area (Å²) in [5.74, 6) is 12.3. The average molecular weight is 1870 g/mol. The summed E-state index contributed by atoms with van der Waals surface area (Å²) in [7, 11) is 0. The Morgan fingerprint density at radius 1 is 0.316 bits per heavy atom. The SMILES string of the molecule is CC.CC.CC.CC.CC.CCC(C)(C)C(=O)OC(C)(C)C(=O)OC1(C)C2CC3CC(C2)CC1C3.CCC(C)(C)C(=O)OC(C)C(=O)OC1(C)C2CC3CC(C2)CC1C3.CCC(C)(C)C(=O)OCC(=O)OC1(C)C2CC3CC(C2)CC1C3.CCC(C)(C)C(=O)OCC(=O)OC1(CC)CC2CC1C1C3CCC(C3)C21.CCC(C)(C)C(=O)OCCCC(=O)OC1(C)C2CC3CC(C2)CC1C3. The van der Waals surface area contributed by atoms with Crippen molar-refractivity contribution in [1.29, 1.82) is 0 Å². The van der Waals surface area contributed by atoms with Gasteiger partial charge in [0.15, 0.2) is 19.3 Å². The maximum atomic E-state index is 12.9. The minimum absolute atomic E-state index is 0.124. The molecule has 20 nitrogen and oxygen atoms in total. The lowest BCUT2D eigenvalue weighted by molar-refractivity contribution is -0.221. The zero-order valence-electron chi connectivity index (χ0n) is 90.4. The molecule has 0 N–H and O–H groups in total. The van der Waals surface area contributed by atoms with E-state index >= 15 is 0 Å². The molecule has 20 heteroatoms. The van der Waals surface area contributed by atoms with Crippen molar-refractivity contribution in [3.8, 4) is 0 Å². The van der Waals surface area contributed by atoms with E-state index in [1.807, 2.05) is 173 Å². The summed E-state index contributed by atoms with van der Waals surface area (Å²) in [6.45, 7) is 63.6. The van der Waals surface area contributed by atoms with Gasteiger partial charge in [0.2, 0.25) is 5.60 Å². The Labute approximate surface area is 807 Å². The third-order valence-corrected chi connectivity index (χ3v) is 37.2. The molecule has 0 saturated heterocycles. The van der Waals surface area contributed by atoms with Crippen molar-refractivity contribution in [3.63, 3.8) is 0 Å². The molecule has 0 amide bonds. The van der Waals surface area contributed by atoms with Gasteiger partial charge in [-0.25, -0.2) is 19.2 Å². The number of carbonyl (C=O) groups is 10. The molecule has 0 spiro atoms. The first kappa shape index (κ1) is 115. The summed E-state index contributed by atoms with van der Waals surface area (Å²) < 4.78 is 56.9. The number of rotatable bonds is 28. The highest BCUT2D eigenvalue weighted by Crippen LogP contribution is 2.72. The van der Waals surface area contributed by atoms with E-state index in [0.717, 1.165) is 96.2 Å². The predicted octanol–water partition coefficient (Wildman–Crippen LogP) is 26.3. The molecule has 20 aliphatic rings. The van der Waals surface area contributed by atoms with Crippen LogP contribution in [0.2, 0.25) is 0 Å². The second kappa shape index (κ2) is 47.3. The molecule has 0 aromatic carbocycles. The van der Waals surface area contributed by atoms with Crippen molar-refractivity contribution in [3.05, 3.63) is 0 Å². The third-order valence-electron chi connectivity index (χ3n) is 37.2. The highest BCUT2D eigenvalue weighted by Gasteiger charge is 2.69. The molecule has 0 heterocycles. The van der Waals surface area contributed by atoms with Crippen molar-refractivity contribution in [2.24, 2.45) is 157 Å². The topological polar surface area (TPSA) is 263 Å². The third kappa shape index (κ3) is 25.9. The fraction of sp³-hybridized carbons (Fsp3) is 0.912. The lowest BCUT2D eigenvalue weighted by Crippen LogP contribution is -2.59. The first-order valence-corrected chi connectivity index (χ1v) is 54.5. The van der Waals surface area contributed by atoms with Crippen LogP contribution in [0.15, 0.2) is 0 Å². The van der Waals surface area contributed by atoms with Crippen molar-refractivity contribution in [2.75, 3.05) is 19.8 Å². The highest BCUT2D eigenvalue weighted by atomic mass is 16.6. The second-order valence-corrected chi connectivity index (χ2v) is 47.4. The Balaban J connectivity index is 0.000000222. The number of hydrogen-bond donors (Lipinski definition) is 0. The quantitative estimate of drug-likeness (QED) is 0.0305. The Kier molecular flexibility index (Phi) is 40.8. The van der Waals surface area contributed by atoms with E-state index < -0.39 is 50.4 Å². The van der Waals surface area contributed by atoms with Gasteiger partial charge in [-0.1, -0.05) is 111 Å². The Morgan fingerprint density at radius 3 is 0.947 bits per heavy atom. The smallest absolute Gasteiger partial charge is 0.350 e. The lowest BCUT2D eigenvalue weighted by atomic mass is 9.50. The highest BCUT2D eigenvalue weighted by molar-refractivity contribution is 5.85. The normalized spacial score (nSPS) is 36.0. The van der Waals surface area contributed by atoms with Crippen LogP contribution in [0.1, 0.15) is 440 Å². The van der Waals surface area contributed by atoms with E-state index in [9.17, 15) is 47.9 Å². The molecular formula is C113H194O20. The van der Waals surface area contributed by atoms with Gasteiger partial charge < -0.3 is 47.4 Å². The Morgan fingerprint density at radius 2 is 0.609 bits per heavy atom. The maximum Gasteiger partial charge on any atom is 0.350 e. The van der Waals surface area contributed by atoms with Gasteiger partial charge in [0.05, 0.1) is 33.7 Å². The summed E-state index contributed by atoms with van der Waals surface area (Å²) in [6.07, 6.45) is 35.6. The van der Waals surface area contributed by atoms with Gasteiger partial charge in [0.1, 0.15) is 28.0 Å². The van der Waals surface area contributed by atoms with Gasteiger partial charge in [-0.05, 0) is 447 Å². The summed E-state index contributed by atoms with van der Waals surface area (Å²) in [6, 6.07) is 0. The van der Waals surface area contributed by atoms with Crippen LogP contribution in [-0.4, -0.2) is 119 Å². The van der Waals surface area contributed by atoms with Crippen LogP contribution in [0.25, 0.3) is 0 Å². The summed E-state index contributed by atoms with van der Waals surface area (Å²) >= 11 is 0. The fourth-order valence-corrected chi connectivity index (χ4v) is 27.6. The van der Waals surface area contributed by atoms with Crippen molar-refractivity contribution >= 4 is 59.7 Å². The van der Waals surface area contributed by atoms with Gasteiger partial charge in [0, 0.05) is 12.3 Å². The molecule has 8 unspecified atom stereocenters. The van der Waals surface area contributed by atoms with Crippen LogP contribution in [0, 0.1) is 157 Å². The van der Waals surface area contributed by atoms with Crippen LogP contribution in [0.5, 0.6) is 0 Å². The summed E-state index contributed by atoms with van der Waals surface area (Å²) in [5, 5.41) is 0. The number of ether oxygens (including phenoxy) is 10. The van der Waals surface area contributed by atoms with Crippen molar-refractivity contribution in [2.45, 2.75) is 480 Å². The van der Waals surface area contributed by atoms with Gasteiger partial charge in [-0.15, -0.1) is 0 Å². The molecule has 766 valence electrons. The molecule has 20 fully saturated rings. The molecule has 0 aromatic heterocycles. The molecule has 0 radical (unpaired) electrons. The average Bonchev–Trinajstić information content (AvgIpc) is 1.52. The molecule has 20 rings (SSSR count). The van der Waals surface area contributed by atoms with E-state index in [-0.39, 0.29) is 89.3 Å². The molecule has 20 saturated carbocycles. The predicted molar refractivity (Wildman–Crippen MR) is 524 cm³/mol. The maximum absolute atomic E-state index is 12.9. The minimum Gasteiger partial charge on any atom is -0.465 e. The zero-order valence-corrected chi connectivity index (χ0v) is 90.4. The Bertz CT molecular complexity index is 3700. The Hall–Kier alpha value is -5.30. The first-order chi connectivity index (χ1) is 62.4. The molecule has 20 aliphatic carbocycles. The number of esters is 10. The fourth-order valence-electron chi connectivity index (χ4n) is 27.6. The van der Waals surface area contributed by atoms with E-state index in [0.29, 0.717) is 98.4 Å². The van der Waals surface area contributed by atoms with Crippen molar-refractivity contribution < 1.29 is 95.3 Å². The monoisotopic (exact) mass is 1870 g/mol. The van der Waals surface area contributed by atoms with Gasteiger partial charge in [0.25, 0.3) is 0 Å². The molecular weight excluding hydrogens is 1680 g/mol. The molecule has 8 atom stereocenters. The van der Waals surface area contributed by atoms with E-state index in [1.54, 1.807) is 20.8 Å². The van der Waals surface area contributed by atoms with Crippen molar-refractivity contribution in [1.82, 2.24) is 0 Å². The largest absolute Gasteiger partial charge is 0.465 e. The first-order valence-electron chi connectivity index (χ1n) is 54.5. The number of hydrogen-bond acceptors (Lipinski definition) is 20. The number of carbonyl (C=O) groups excluding carboxylic acids is 10. The van der Waals surface area contributed by atoms with Crippen LogP contribution in [0.4, 0.5) is 0 Å². The lowest BCUT2D eigenvalue weighted by Gasteiger charge is -2.59. The molecule has 20 bridgehead atoms. The van der Waals surface area contributed by atoms with Gasteiger partial charge >= 0.3 is 59.7 Å². The van der Waals surface area contributed by atoms with Crippen LogP contribution in [0.3, 0.4) is 0 Å². The number of fused-ring (bicyclic) bond motifs is 9. The van der Waals surface area contributed by atoms with E-state index in [1.165, 1.54) is 154 Å². The van der Waals surface area contributed by atoms with E-state index in [4.69, 9.17) is 47.4 Å². The van der Waals surface area contributed by atoms with Gasteiger partial charge in [-0.3, -0.25) is 28.8 Å². The standard InChI is InChI=1S/C22H34O4.2C21H34O4.C20H32O4.C19H30O4.5C2H6/c1-5-21(3,4)20(24)25-12-17(23)26-22(6-2)11-15-10-16(22)19-14-8-7-13(9-14)18(15)19;1-7-19(2,3)17(22)24-20(4,5)18(23)25-21(6)15-9-13-8-14(11-15)12-16(21)10-13;1-5-20(2,3)19(23)24-8-6-7-18(22)25-21(4)16-10-14-9-15(12-16)13-17(21)11-14;1-6-19(3,4)18(22)23-12(2)17(21)24-20(5)15-8-13-7-14(10-15)11-16(20)9-13;1-5-18(2,3)17(21)22-11-16(20)23-19(4)14-7-12-6-13(9-14)10-15(19)8-12;5*1-2/h13-16,18-19H,5-12H2,1-4H3;13-16H,7-12H2,1-6H3;14-17H,5-13H2,1-4H3;12-16H,6-11H2,1-5H3;12-15H,5-11H2,1-4H3;5*1-2H3. The summed E-state index contributed by atoms with van der Waals surface area (Å²) in [5.41, 5.74) is -5.64. The minimum atomic E-state index is -1.25. The van der Waals surface area contributed by atoms with Gasteiger partial charge in [-0.2, -0.15) is 0 Å². The molecule has 133 heavy (non-hydrogen) atoms. The van der Waals surface area contributed by atoms with E-state index in [2.05, 4.69) is 34.6 Å². The van der Waals surface area contributed by atoms with Crippen LogP contribution >= 0.6 is 0 Å². The van der Waals surface area contributed by atoms with Crippen LogP contribution < -0.4 is 0 Å². The molecule has 0 aromatic rings. The zero-order chi connectivity index (χ0) is 100. The molecule has 0 aliphatic heterocycles. The summed E-state index contributed by atoms with van der Waals surface area (Å²) in [4.78, 5) is 123. The second-order valence-electron chi connectivity index (χ2n) is 47.4. The van der Waals surface area contributed by atoms with Crippen LogP contribution in [-0.2, 0) is 95.3 Å².